The van der Waals surface area contributed by atoms with Crippen LogP contribution in [-0.2, 0) is 20.9 Å². The highest BCUT2D eigenvalue weighted by Crippen LogP contribution is 2.38. The van der Waals surface area contributed by atoms with Crippen molar-refractivity contribution < 1.29 is 22.5 Å². The van der Waals surface area contributed by atoms with Crippen molar-refractivity contribution in [1.82, 2.24) is 0 Å². The van der Waals surface area contributed by atoms with Gasteiger partial charge in [-0.15, -0.1) is 0 Å². The van der Waals surface area contributed by atoms with Crippen molar-refractivity contribution in [2.24, 2.45) is 0 Å². The number of hydrogen-bond donors (Lipinski definition) is 0. The lowest BCUT2D eigenvalue weighted by atomic mass is 9.74. The van der Waals surface area contributed by atoms with Gasteiger partial charge in [0.25, 0.3) is 0 Å². The van der Waals surface area contributed by atoms with Gasteiger partial charge in [0, 0.05) is 0 Å². The van der Waals surface area contributed by atoms with E-state index < -0.39 is 35.5 Å². The van der Waals surface area contributed by atoms with Crippen molar-refractivity contribution in [3.8, 4) is 0 Å². The fourth-order valence-electron chi connectivity index (χ4n) is 2.36. The molecule has 0 amide bonds. The lowest BCUT2D eigenvalue weighted by molar-refractivity contribution is -0.137. The minimum atomic E-state index is -4.40. The quantitative estimate of drug-likeness (QED) is 0.716. The fraction of sp³-hybridized carbons (Fsp3) is 0.647. The molecule has 1 aliphatic heterocycles. The van der Waals surface area contributed by atoms with Crippen LogP contribution in [0, 0.1) is 0 Å². The molecule has 1 aliphatic rings. The third-order valence-electron chi connectivity index (χ3n) is 4.67. The van der Waals surface area contributed by atoms with Crippen LogP contribution in [0.3, 0.4) is 0 Å². The van der Waals surface area contributed by atoms with E-state index in [1.165, 1.54) is 6.07 Å². The van der Waals surface area contributed by atoms with Crippen molar-refractivity contribution >= 4 is 12.6 Å². The number of rotatable bonds is 1. The van der Waals surface area contributed by atoms with Gasteiger partial charge in [0.2, 0.25) is 0 Å². The Kier molecular flexibility index (Phi) is 4.18. The van der Waals surface area contributed by atoms with Gasteiger partial charge >= 0.3 is 13.3 Å². The summed E-state index contributed by atoms with van der Waals surface area (Å²) in [6.07, 6.45) is -4.40. The zero-order valence-corrected chi connectivity index (χ0v) is 14.8. The maximum absolute atomic E-state index is 13.2. The maximum atomic E-state index is 13.2. The van der Waals surface area contributed by atoms with Gasteiger partial charge in [-0.3, -0.25) is 0 Å². The molecule has 0 unspecified atom stereocenters. The van der Waals surface area contributed by atoms with E-state index in [4.69, 9.17) is 9.31 Å². The second-order valence-electron chi connectivity index (χ2n) is 8.18. The van der Waals surface area contributed by atoms with Crippen molar-refractivity contribution in [3.05, 3.63) is 29.3 Å². The van der Waals surface area contributed by atoms with Crippen LogP contribution in [0.5, 0.6) is 0 Å². The molecule has 1 heterocycles. The number of halogens is 3. The first-order valence-corrected chi connectivity index (χ1v) is 7.72. The van der Waals surface area contributed by atoms with Crippen LogP contribution < -0.4 is 5.46 Å². The summed E-state index contributed by atoms with van der Waals surface area (Å²) in [6.45, 7) is 13.2. The van der Waals surface area contributed by atoms with Crippen molar-refractivity contribution in [2.45, 2.75) is 71.3 Å². The molecule has 1 aromatic carbocycles. The summed E-state index contributed by atoms with van der Waals surface area (Å²) in [5.41, 5.74) is -1.24. The summed E-state index contributed by atoms with van der Waals surface area (Å²) in [4.78, 5) is 0. The number of benzene rings is 1. The molecule has 128 valence electrons. The zero-order valence-electron chi connectivity index (χ0n) is 14.8. The summed E-state index contributed by atoms with van der Waals surface area (Å²) in [5.74, 6) is 0. The predicted octanol–water partition coefficient (Wildman–Crippen LogP) is 4.30. The molecule has 23 heavy (non-hydrogen) atoms. The molecule has 0 aliphatic carbocycles. The van der Waals surface area contributed by atoms with Gasteiger partial charge in [0.05, 0.1) is 16.8 Å². The number of alkyl halides is 3. The first-order chi connectivity index (χ1) is 10.1. The lowest BCUT2D eigenvalue weighted by Crippen LogP contribution is -2.41. The van der Waals surface area contributed by atoms with Gasteiger partial charge in [0.15, 0.2) is 0 Å². The molecule has 1 saturated heterocycles. The molecule has 0 aromatic heterocycles. The Balaban J connectivity index is 2.51. The Bertz CT molecular complexity index is 553. The molecule has 1 fully saturated rings. The summed E-state index contributed by atoms with van der Waals surface area (Å²) in [5, 5.41) is 0. The normalized spacial score (nSPS) is 20.9. The van der Waals surface area contributed by atoms with Crippen LogP contribution in [0.4, 0.5) is 13.2 Å². The van der Waals surface area contributed by atoms with Crippen LogP contribution in [-0.4, -0.2) is 18.3 Å². The maximum Gasteiger partial charge on any atom is 0.494 e. The monoisotopic (exact) mass is 328 g/mol. The molecule has 2 rings (SSSR count). The standard InChI is InChI=1S/C17H24BF3O2/c1-14(2,3)11-8-12(17(19,20)21)10-13(9-11)18-22-15(4,5)16(6,7)23-18/h8-10H,1-7H3. The Labute approximate surface area is 136 Å². The van der Waals surface area contributed by atoms with Gasteiger partial charge in [-0.05, 0) is 50.2 Å². The van der Waals surface area contributed by atoms with Gasteiger partial charge in [0.1, 0.15) is 0 Å². The van der Waals surface area contributed by atoms with E-state index in [-0.39, 0.29) is 0 Å². The average Bonchev–Trinajstić information content (AvgIpc) is 2.56. The summed E-state index contributed by atoms with van der Waals surface area (Å²) >= 11 is 0. The molecule has 0 bridgehead atoms. The minimum Gasteiger partial charge on any atom is -0.399 e. The zero-order chi connectivity index (χ0) is 17.8. The Morgan fingerprint density at radius 3 is 1.65 bits per heavy atom. The van der Waals surface area contributed by atoms with Crippen LogP contribution in [0.2, 0.25) is 0 Å². The van der Waals surface area contributed by atoms with E-state index in [1.807, 2.05) is 48.5 Å². The van der Waals surface area contributed by atoms with Gasteiger partial charge < -0.3 is 9.31 Å². The van der Waals surface area contributed by atoms with Gasteiger partial charge in [-0.2, -0.15) is 13.2 Å². The van der Waals surface area contributed by atoms with Crippen LogP contribution in [0.15, 0.2) is 18.2 Å². The highest BCUT2D eigenvalue weighted by atomic mass is 19.4. The summed E-state index contributed by atoms with van der Waals surface area (Å²) in [7, 11) is -0.802. The highest BCUT2D eigenvalue weighted by molar-refractivity contribution is 6.62. The average molecular weight is 328 g/mol. The van der Waals surface area contributed by atoms with Crippen molar-refractivity contribution in [3.63, 3.8) is 0 Å². The minimum absolute atomic E-state index is 0.403. The topological polar surface area (TPSA) is 18.5 Å². The molecule has 1 aromatic rings. The molecule has 0 atom stereocenters. The first kappa shape index (κ1) is 18.3. The Hall–Kier alpha value is -1.01. The van der Waals surface area contributed by atoms with E-state index in [2.05, 4.69) is 0 Å². The molecular formula is C17H24BF3O2. The third kappa shape index (κ3) is 3.58. The summed E-state index contributed by atoms with van der Waals surface area (Å²) < 4.78 is 51.5. The number of hydrogen-bond acceptors (Lipinski definition) is 2. The Morgan fingerprint density at radius 2 is 1.26 bits per heavy atom. The third-order valence-corrected chi connectivity index (χ3v) is 4.67. The SMILES string of the molecule is CC(C)(C)c1cc(B2OC(C)(C)C(C)(C)O2)cc(C(F)(F)F)c1. The van der Waals surface area contributed by atoms with E-state index in [0.29, 0.717) is 11.0 Å². The van der Waals surface area contributed by atoms with Gasteiger partial charge in [-0.1, -0.05) is 32.9 Å². The molecule has 0 spiro atoms. The second kappa shape index (κ2) is 5.25. The van der Waals surface area contributed by atoms with E-state index in [0.717, 1.165) is 6.07 Å². The van der Waals surface area contributed by atoms with Gasteiger partial charge in [-0.25, -0.2) is 0 Å². The second-order valence-corrected chi connectivity index (χ2v) is 8.18. The molecule has 0 radical (unpaired) electrons. The molecule has 2 nitrogen and oxygen atoms in total. The summed E-state index contributed by atoms with van der Waals surface area (Å²) in [6, 6.07) is 4.07. The smallest absolute Gasteiger partial charge is 0.399 e. The van der Waals surface area contributed by atoms with Crippen molar-refractivity contribution in [1.29, 1.82) is 0 Å². The first-order valence-electron chi connectivity index (χ1n) is 7.72. The molecular weight excluding hydrogens is 304 g/mol. The molecule has 0 saturated carbocycles. The largest absolute Gasteiger partial charge is 0.494 e. The predicted molar refractivity (Wildman–Crippen MR) is 85.9 cm³/mol. The molecule has 6 heteroatoms. The molecule has 0 N–H and O–H groups in total. The van der Waals surface area contributed by atoms with Crippen LogP contribution in [0.25, 0.3) is 0 Å². The lowest BCUT2D eigenvalue weighted by Gasteiger charge is -2.32. The highest BCUT2D eigenvalue weighted by Gasteiger charge is 2.52. The van der Waals surface area contributed by atoms with E-state index in [1.54, 1.807) is 6.07 Å². The Morgan fingerprint density at radius 1 is 0.826 bits per heavy atom. The van der Waals surface area contributed by atoms with Crippen LogP contribution in [0.1, 0.15) is 59.6 Å². The van der Waals surface area contributed by atoms with E-state index >= 15 is 0 Å². The van der Waals surface area contributed by atoms with Crippen LogP contribution >= 0.6 is 0 Å². The fourth-order valence-corrected chi connectivity index (χ4v) is 2.36. The van der Waals surface area contributed by atoms with E-state index in [9.17, 15) is 13.2 Å². The van der Waals surface area contributed by atoms with Crippen molar-refractivity contribution in [2.75, 3.05) is 0 Å².